The standard InChI is InChI=1S/C94H122N16O18S/c1-10-11-32-77(93(127)110-42-23-33-76(110)88(122)99-65(53-111)54-112)107(7)92(126)79(48-61-28-19-14-20-29-61)109(9)91(125)74(45-59-24-15-12-16-25-59)101-82(117)56-129-55-75(84(118)98-51-80(95)115)105-85(119)70(43-57(2)3)102-86(120)71(44-62-34-38-66(113)39-35-62)103-87(121)72(49-64-50-97-69-31-22-21-30-68(64)69)100-81(116)52-106(6)90(124)73(46-63-36-40-67(114)41-37-63)104-89(123)78(47-60-26-17-13-18-27-60)108(8)94(128)83(96)58(4)5/h12-22,24-31,34-41,50,53,57-58,65,70-79,83,97,112-114H,10-11,23,32-33,42-49,51-52,54-56,96H2,1-9H3,(H2,95,115)(H,98,118)(H,99,122)(H,100,116)(H,101,117)(H,102,120)(H,103,121)(H,104,123)(H,105,119)/t65-,70+,71+,72+,73+,74+,75+,76-,77+,78?,79?,83+/m1/s1. The third-order valence-electron chi connectivity index (χ3n) is 22.6. The number of H-pyrrole nitrogens is 1. The molecular weight excluding hydrogens is 1670 g/mol. The summed E-state index contributed by atoms with van der Waals surface area (Å²) in [5.41, 5.74) is 15.9. The number of aromatic nitrogens is 1. The number of aromatic hydroxyl groups is 2. The number of primary amides is 1. The molecule has 35 heteroatoms. The Bertz CT molecular complexity index is 4970. The average Bonchev–Trinajstić information content (AvgIpc) is 1.61. The smallest absolute Gasteiger partial charge is 0.246 e. The minimum absolute atomic E-state index is 0.0254. The maximum Gasteiger partial charge on any atom is 0.246 e. The highest BCUT2D eigenvalue weighted by molar-refractivity contribution is 8.00. The second-order valence-electron chi connectivity index (χ2n) is 33.3. The number of benzene rings is 6. The van der Waals surface area contributed by atoms with Gasteiger partial charge in [0.05, 0.1) is 31.5 Å². The van der Waals surface area contributed by atoms with Crippen molar-refractivity contribution in [2.24, 2.45) is 23.3 Å². The molecule has 1 fully saturated rings. The minimum Gasteiger partial charge on any atom is -0.508 e. The first-order valence-corrected chi connectivity index (χ1v) is 44.4. The van der Waals surface area contributed by atoms with Crippen LogP contribution in [-0.2, 0) is 110 Å². The molecule has 8 rings (SSSR count). The van der Waals surface area contributed by atoms with Crippen LogP contribution in [0.3, 0.4) is 0 Å². The lowest BCUT2D eigenvalue weighted by Gasteiger charge is -2.38. The number of fused-ring (bicyclic) bond motifs is 1. The maximum atomic E-state index is 15.3. The normalized spacial score (nSPS) is 15.0. The quantitative estimate of drug-likeness (QED) is 0.0243. The lowest BCUT2D eigenvalue weighted by atomic mass is 9.99. The second-order valence-corrected chi connectivity index (χ2v) is 34.3. The second kappa shape index (κ2) is 49.9. The van der Waals surface area contributed by atoms with Gasteiger partial charge in [0, 0.05) is 96.1 Å². The van der Waals surface area contributed by atoms with Crippen molar-refractivity contribution in [1.82, 2.24) is 72.0 Å². The lowest BCUT2D eigenvalue weighted by Crippen LogP contribution is -2.60. The first-order chi connectivity index (χ1) is 61.6. The van der Waals surface area contributed by atoms with Crippen molar-refractivity contribution in [3.05, 3.63) is 203 Å². The van der Waals surface area contributed by atoms with Crippen LogP contribution >= 0.6 is 11.8 Å². The van der Waals surface area contributed by atoms with Crippen LogP contribution in [0.15, 0.2) is 170 Å². The number of aldehydes is 1. The highest BCUT2D eigenvalue weighted by atomic mass is 32.2. The van der Waals surface area contributed by atoms with E-state index in [2.05, 4.69) is 47.5 Å². The number of rotatable bonds is 49. The Morgan fingerprint density at radius 3 is 1.56 bits per heavy atom. The van der Waals surface area contributed by atoms with Crippen LogP contribution in [0.2, 0.25) is 0 Å². The number of thioether (sulfide) groups is 1. The molecule has 0 saturated carbocycles. The zero-order valence-electron chi connectivity index (χ0n) is 74.3. The molecule has 692 valence electrons. The van der Waals surface area contributed by atoms with E-state index in [0.29, 0.717) is 69.8 Å². The van der Waals surface area contributed by atoms with Crippen LogP contribution in [0, 0.1) is 11.8 Å². The number of nitrogens with two attached hydrogens (primary N) is 2. The summed E-state index contributed by atoms with van der Waals surface area (Å²) in [7, 11) is 5.65. The number of para-hydroxylation sites is 1. The van der Waals surface area contributed by atoms with Gasteiger partial charge >= 0.3 is 0 Å². The number of phenols is 2. The van der Waals surface area contributed by atoms with Crippen molar-refractivity contribution in [3.8, 4) is 11.5 Å². The average molecular weight is 1800 g/mol. The molecule has 0 bridgehead atoms. The van der Waals surface area contributed by atoms with E-state index in [1.807, 2.05) is 6.92 Å². The molecule has 1 aliphatic heterocycles. The molecule has 12 atom stereocenters. The monoisotopic (exact) mass is 1790 g/mol. The van der Waals surface area contributed by atoms with Crippen molar-refractivity contribution < 1.29 is 87.2 Å². The molecule has 6 aromatic carbocycles. The number of likely N-dealkylation sites (tertiary alicyclic amines) is 1. The number of aromatic amines is 1. The van der Waals surface area contributed by atoms with Gasteiger partial charge in [-0.05, 0) is 101 Å². The summed E-state index contributed by atoms with van der Waals surface area (Å²) in [6.07, 6.45) is 3.19. The molecule has 1 aromatic heterocycles. The van der Waals surface area contributed by atoms with Crippen molar-refractivity contribution in [2.75, 3.05) is 65.9 Å². The van der Waals surface area contributed by atoms with Crippen molar-refractivity contribution in [1.29, 1.82) is 0 Å². The molecule has 7 aromatic rings. The summed E-state index contributed by atoms with van der Waals surface area (Å²) in [6.45, 7) is 7.08. The molecule has 0 spiro atoms. The minimum atomic E-state index is -1.58. The number of hydrogen-bond donors (Lipinski definition) is 14. The van der Waals surface area contributed by atoms with Crippen LogP contribution in [0.1, 0.15) is 107 Å². The Balaban J connectivity index is 1.02. The SMILES string of the molecule is CCCC[C@@H](C(=O)N1CCC[C@@H]1C(=O)N[C@H](C=O)CO)N(C)C(=O)C(Cc1ccccc1)N(C)C(=O)[C@H](Cc1ccccc1)NC(=O)CSC[C@H](NC(=O)[C@H](CC(C)C)NC(=O)[C@H](Cc1ccc(O)cc1)NC(=O)[C@H](Cc1c[nH]c2ccccc12)NC(=O)CN(C)C(=O)[C@H](Cc1ccc(O)cc1)NC(=O)C(Cc1ccccc1)N(C)C(=O)[C@@H](N)C(C)C)C(=O)NCC(N)=O. The number of aliphatic hydroxyl groups excluding tert-OH is 1. The van der Waals surface area contributed by atoms with E-state index in [9.17, 15) is 68.1 Å². The lowest BCUT2D eigenvalue weighted by molar-refractivity contribution is -0.152. The molecule has 1 aliphatic rings. The number of nitrogens with one attached hydrogen (secondary N) is 9. The van der Waals surface area contributed by atoms with E-state index in [-0.39, 0.29) is 93.4 Å². The summed E-state index contributed by atoms with van der Waals surface area (Å²) < 4.78 is 0. The van der Waals surface area contributed by atoms with Gasteiger partial charge in [0.2, 0.25) is 82.7 Å². The van der Waals surface area contributed by atoms with Gasteiger partial charge in [0.15, 0.2) is 0 Å². The van der Waals surface area contributed by atoms with Gasteiger partial charge in [-0.3, -0.25) is 67.1 Å². The Morgan fingerprint density at radius 2 is 1.01 bits per heavy atom. The highest BCUT2D eigenvalue weighted by Gasteiger charge is 2.44. The van der Waals surface area contributed by atoms with E-state index in [1.54, 1.807) is 161 Å². The van der Waals surface area contributed by atoms with Crippen LogP contribution in [0.5, 0.6) is 11.5 Å². The number of carbonyl (C=O) groups is 15. The largest absolute Gasteiger partial charge is 0.508 e. The molecule has 129 heavy (non-hydrogen) atoms. The van der Waals surface area contributed by atoms with E-state index in [1.165, 1.54) is 84.2 Å². The molecule has 0 radical (unpaired) electrons. The molecule has 0 aliphatic carbocycles. The van der Waals surface area contributed by atoms with E-state index < -0.39 is 181 Å². The van der Waals surface area contributed by atoms with Crippen LogP contribution < -0.4 is 54.0 Å². The predicted molar refractivity (Wildman–Crippen MR) is 486 cm³/mol. The third kappa shape index (κ3) is 30.3. The molecule has 16 N–H and O–H groups in total. The first-order valence-electron chi connectivity index (χ1n) is 43.2. The van der Waals surface area contributed by atoms with Crippen LogP contribution in [0.4, 0.5) is 0 Å². The number of phenolic OH excluding ortho intramolecular Hbond substituents is 2. The molecule has 1 saturated heterocycles. The van der Waals surface area contributed by atoms with Gasteiger partial charge < -0.3 is 104 Å². The fraction of sp³-hybridized carbons (Fsp3) is 0.436. The van der Waals surface area contributed by atoms with E-state index in [0.717, 1.165) is 16.7 Å². The van der Waals surface area contributed by atoms with Crippen LogP contribution in [-0.4, -0.2) is 272 Å². The molecular formula is C94H122N16O18S. The fourth-order valence-corrected chi connectivity index (χ4v) is 16.1. The molecule has 2 unspecified atom stereocenters. The number of carbonyl (C=O) groups excluding carboxylic acids is 15. The maximum absolute atomic E-state index is 15.3. The number of likely N-dealkylation sites (N-methyl/N-ethyl adjacent to an activating group) is 4. The zero-order chi connectivity index (χ0) is 94.1. The summed E-state index contributed by atoms with van der Waals surface area (Å²) in [4.78, 5) is 225. The predicted octanol–water partition coefficient (Wildman–Crippen LogP) is 2.40. The molecule has 2 heterocycles. The Labute approximate surface area is 755 Å². The van der Waals surface area contributed by atoms with Gasteiger partial charge in [0.25, 0.3) is 0 Å². The topological polar surface area (TPSA) is 497 Å². The Hall–Kier alpha value is -13.0. The van der Waals surface area contributed by atoms with Crippen molar-refractivity contribution >= 4 is 112 Å². The Morgan fingerprint density at radius 1 is 0.527 bits per heavy atom. The summed E-state index contributed by atoms with van der Waals surface area (Å²) in [5.74, 6) is -12.4. The number of unbranched alkanes of at least 4 members (excludes halogenated alkanes) is 1. The zero-order valence-corrected chi connectivity index (χ0v) is 75.1. The van der Waals surface area contributed by atoms with Gasteiger partial charge in [-0.25, -0.2) is 0 Å². The summed E-state index contributed by atoms with van der Waals surface area (Å²) in [6, 6.07) is 29.6. The number of nitrogens with zero attached hydrogens (tertiary/aromatic N) is 5. The number of hydrogen-bond acceptors (Lipinski definition) is 20. The first kappa shape index (κ1) is 101. The van der Waals surface area contributed by atoms with Crippen molar-refractivity contribution in [3.63, 3.8) is 0 Å². The van der Waals surface area contributed by atoms with Crippen LogP contribution in [0.25, 0.3) is 10.9 Å². The van der Waals surface area contributed by atoms with E-state index >= 15 is 19.2 Å². The number of amides is 14. The summed E-state index contributed by atoms with van der Waals surface area (Å²) in [5, 5.41) is 52.5. The van der Waals surface area contributed by atoms with Gasteiger partial charge in [-0.2, -0.15) is 0 Å². The Kier molecular flexibility index (Phi) is 39.2. The summed E-state index contributed by atoms with van der Waals surface area (Å²) >= 11 is 0.845. The molecule has 34 nitrogen and oxygen atoms in total. The van der Waals surface area contributed by atoms with E-state index in [4.69, 9.17) is 11.5 Å². The fourth-order valence-electron chi connectivity index (χ4n) is 15.2. The van der Waals surface area contributed by atoms with Gasteiger partial charge in [0.1, 0.15) is 84.2 Å². The van der Waals surface area contributed by atoms with Gasteiger partial charge in [-0.15, -0.1) is 11.8 Å². The third-order valence-corrected chi connectivity index (χ3v) is 23.6. The molecule has 14 amide bonds. The van der Waals surface area contributed by atoms with Gasteiger partial charge in [-0.1, -0.05) is 181 Å². The highest BCUT2D eigenvalue weighted by Crippen LogP contribution is 2.27. The number of aliphatic hydroxyl groups is 1. The van der Waals surface area contributed by atoms with Crippen molar-refractivity contribution in [2.45, 2.75) is 184 Å².